The van der Waals surface area contributed by atoms with Crippen LogP contribution in [-0.4, -0.2) is 15.6 Å². The lowest BCUT2D eigenvalue weighted by Gasteiger charge is -2.23. The van der Waals surface area contributed by atoms with Gasteiger partial charge < -0.3 is 17.1 Å². The Kier molecular flexibility index (Phi) is 8.14. The number of thiophene rings is 1. The van der Waals surface area contributed by atoms with Crippen molar-refractivity contribution in [3.8, 4) is 17.0 Å². The highest BCUT2D eigenvalue weighted by Crippen LogP contribution is 2.32. The number of rotatable bonds is 8. The summed E-state index contributed by atoms with van der Waals surface area (Å²) in [6.07, 6.45) is 10.1. The van der Waals surface area contributed by atoms with Crippen LogP contribution in [-0.2, 0) is 13.2 Å². The number of Topliss-reactive ketones (excluding diaryl/α,β-unsaturated/α-hetero) is 1. The van der Waals surface area contributed by atoms with Gasteiger partial charge >= 0.3 is 0 Å². The average molecular weight is 494 g/mol. The number of hydrogen-bond donors (Lipinski definition) is 0. The molecule has 5 nitrogen and oxygen atoms in total. The smallest absolute Gasteiger partial charge is 0.237 e. The zero-order chi connectivity index (χ0) is 22.5. The van der Waals surface area contributed by atoms with Gasteiger partial charge in [0.05, 0.1) is 22.2 Å². The largest absolute Gasteiger partial charge is 1.00 e. The molecule has 34 heavy (non-hydrogen) atoms. The molecule has 0 spiro atoms. The quantitative estimate of drug-likeness (QED) is 0.280. The Morgan fingerprint density at radius 3 is 2.65 bits per heavy atom. The summed E-state index contributed by atoms with van der Waals surface area (Å²) < 4.78 is 10.1. The molecule has 1 aromatic carbocycles. The van der Waals surface area contributed by atoms with Crippen molar-refractivity contribution in [2.45, 2.75) is 51.3 Å². The normalized spacial score (nSPS) is 13.9. The minimum absolute atomic E-state index is 0. The molecular weight excluding hydrogens is 466 g/mol. The van der Waals surface area contributed by atoms with Gasteiger partial charge in [0.25, 0.3) is 0 Å². The van der Waals surface area contributed by atoms with E-state index in [2.05, 4.69) is 23.0 Å². The van der Waals surface area contributed by atoms with Gasteiger partial charge in [0, 0.05) is 6.07 Å². The van der Waals surface area contributed by atoms with Gasteiger partial charge in [0.15, 0.2) is 12.4 Å². The molecule has 0 atom stereocenters. The van der Waals surface area contributed by atoms with Crippen molar-refractivity contribution in [1.82, 2.24) is 9.78 Å². The topological polar surface area (TPSA) is 48.0 Å². The van der Waals surface area contributed by atoms with Crippen molar-refractivity contribution < 1.29 is 26.5 Å². The zero-order valence-electron chi connectivity index (χ0n) is 19.0. The number of hydrogen-bond acceptors (Lipinski definition) is 4. The predicted octanol–water partition coefficient (Wildman–Crippen LogP) is 2.87. The molecule has 176 valence electrons. The summed E-state index contributed by atoms with van der Waals surface area (Å²) >= 11 is 1.49. The number of aromatic nitrogens is 3. The number of benzene rings is 1. The van der Waals surface area contributed by atoms with Crippen LogP contribution in [0.25, 0.3) is 11.3 Å². The molecule has 1 fully saturated rings. The van der Waals surface area contributed by atoms with E-state index in [1.165, 1.54) is 30.6 Å². The maximum Gasteiger partial charge on any atom is 0.237 e. The maximum atomic E-state index is 12.6. The first-order valence-corrected chi connectivity index (χ1v) is 12.5. The lowest BCUT2D eigenvalue weighted by atomic mass is 9.95. The van der Waals surface area contributed by atoms with E-state index in [0.717, 1.165) is 40.4 Å². The van der Waals surface area contributed by atoms with Gasteiger partial charge in [-0.2, -0.15) is 9.67 Å². The molecule has 1 aliphatic rings. The number of carbonyl (C=O) groups excluding carboxylic acids is 1. The van der Waals surface area contributed by atoms with Crippen molar-refractivity contribution in [2.24, 2.45) is 0 Å². The molecule has 3 aromatic heterocycles. The van der Waals surface area contributed by atoms with Crippen LogP contribution < -0.4 is 21.7 Å². The van der Waals surface area contributed by atoms with Crippen molar-refractivity contribution in [3.05, 3.63) is 89.0 Å². The van der Waals surface area contributed by atoms with E-state index in [9.17, 15) is 4.79 Å². The van der Waals surface area contributed by atoms with Crippen LogP contribution in [0.5, 0.6) is 5.75 Å². The van der Waals surface area contributed by atoms with Gasteiger partial charge in [0.2, 0.25) is 12.3 Å². The minimum atomic E-state index is 0. The van der Waals surface area contributed by atoms with Crippen molar-refractivity contribution in [3.63, 3.8) is 0 Å². The number of ether oxygens (including phenoxy) is 1. The monoisotopic (exact) mass is 493 g/mol. The number of carbonyl (C=O) groups is 1. The number of nitrogens with zero attached hydrogens (tertiary/aromatic N) is 3. The van der Waals surface area contributed by atoms with Crippen molar-refractivity contribution in [1.29, 1.82) is 0 Å². The SMILES string of the molecule is O=C(C[n+]1cccc(-c2cc(COc3ccccc3)nn2C2CCCCC2)c1)c1cccs1.[Cl-]. The molecule has 0 amide bonds. The van der Waals surface area contributed by atoms with Crippen LogP contribution in [0.2, 0.25) is 0 Å². The Morgan fingerprint density at radius 2 is 1.88 bits per heavy atom. The van der Waals surface area contributed by atoms with Gasteiger partial charge in [-0.25, -0.2) is 0 Å². The summed E-state index contributed by atoms with van der Waals surface area (Å²) in [6.45, 7) is 0.760. The summed E-state index contributed by atoms with van der Waals surface area (Å²) in [5.41, 5.74) is 3.08. The zero-order valence-corrected chi connectivity index (χ0v) is 20.5. The van der Waals surface area contributed by atoms with Crippen LogP contribution in [0.3, 0.4) is 0 Å². The van der Waals surface area contributed by atoms with Crippen LogP contribution in [0.1, 0.15) is 53.5 Å². The molecule has 0 unspecified atom stereocenters. The fourth-order valence-corrected chi connectivity index (χ4v) is 5.12. The summed E-state index contributed by atoms with van der Waals surface area (Å²) in [5, 5.41) is 6.91. The van der Waals surface area contributed by atoms with Gasteiger partial charge in [-0.3, -0.25) is 9.48 Å². The van der Waals surface area contributed by atoms with E-state index in [1.807, 2.05) is 64.7 Å². The Bertz CT molecular complexity index is 1200. The highest BCUT2D eigenvalue weighted by molar-refractivity contribution is 7.12. The Labute approximate surface area is 210 Å². The molecule has 0 aliphatic heterocycles. The van der Waals surface area contributed by atoms with E-state index in [1.54, 1.807) is 0 Å². The molecule has 0 N–H and O–H groups in total. The van der Waals surface area contributed by atoms with Crippen molar-refractivity contribution >= 4 is 17.1 Å². The molecule has 0 saturated heterocycles. The first-order chi connectivity index (χ1) is 16.3. The molecule has 5 rings (SSSR count). The summed E-state index contributed by atoms with van der Waals surface area (Å²) in [5.74, 6) is 0.973. The second-order valence-corrected chi connectivity index (χ2v) is 9.47. The van der Waals surface area contributed by atoms with E-state index >= 15 is 0 Å². The van der Waals surface area contributed by atoms with E-state index in [0.29, 0.717) is 19.2 Å². The number of pyridine rings is 1. The van der Waals surface area contributed by atoms with E-state index in [4.69, 9.17) is 9.84 Å². The first-order valence-electron chi connectivity index (χ1n) is 11.6. The maximum absolute atomic E-state index is 12.6. The van der Waals surface area contributed by atoms with Gasteiger partial charge in [-0.1, -0.05) is 43.5 Å². The fraction of sp³-hybridized carbons (Fsp3) is 0.296. The molecule has 1 aliphatic carbocycles. The summed E-state index contributed by atoms with van der Waals surface area (Å²) in [4.78, 5) is 13.4. The predicted molar refractivity (Wildman–Crippen MR) is 129 cm³/mol. The molecule has 0 bridgehead atoms. The summed E-state index contributed by atoms with van der Waals surface area (Å²) in [7, 11) is 0. The van der Waals surface area contributed by atoms with Crippen LogP contribution in [0.15, 0.2) is 78.4 Å². The summed E-state index contributed by atoms with van der Waals surface area (Å²) in [6, 6.07) is 20.3. The van der Waals surface area contributed by atoms with E-state index in [-0.39, 0.29) is 18.2 Å². The fourth-order valence-electron chi connectivity index (χ4n) is 4.46. The third kappa shape index (κ3) is 5.75. The highest BCUT2D eigenvalue weighted by Gasteiger charge is 2.22. The Balaban J connectivity index is 0.00000274. The molecular formula is C27H28ClN3O2S. The lowest BCUT2D eigenvalue weighted by molar-refractivity contribution is -0.682. The number of ketones is 1. The highest BCUT2D eigenvalue weighted by atomic mass is 35.5. The number of halogens is 1. The van der Waals surface area contributed by atoms with Gasteiger partial charge in [-0.05, 0) is 48.6 Å². The van der Waals surface area contributed by atoms with Gasteiger partial charge in [-0.15, -0.1) is 11.3 Å². The second-order valence-electron chi connectivity index (χ2n) is 8.52. The molecule has 0 radical (unpaired) electrons. The molecule has 4 aromatic rings. The third-order valence-electron chi connectivity index (χ3n) is 6.11. The van der Waals surface area contributed by atoms with Gasteiger partial charge in [0.1, 0.15) is 18.1 Å². The average Bonchev–Trinajstić information content (AvgIpc) is 3.55. The molecule has 1 saturated carbocycles. The van der Waals surface area contributed by atoms with Crippen LogP contribution >= 0.6 is 11.3 Å². The first kappa shape index (κ1) is 24.2. The molecule has 7 heteroatoms. The molecule has 3 heterocycles. The minimum Gasteiger partial charge on any atom is -1.00 e. The number of para-hydroxylation sites is 1. The lowest BCUT2D eigenvalue weighted by Crippen LogP contribution is -3.00. The van der Waals surface area contributed by atoms with Crippen molar-refractivity contribution in [2.75, 3.05) is 0 Å². The Hall–Kier alpha value is -2.96. The standard InChI is InChI=1S/C27H28N3O2S.ClH/c31-26(27-14-8-16-33-27)19-29-15-7-9-21(18-29)25-17-22(20-32-24-12-5-2-6-13-24)28-30(25)23-10-3-1-4-11-23;/h2,5-9,12-18,23H,1,3-4,10-11,19-20H2;1H/q+1;/p-1. The van der Waals surface area contributed by atoms with E-state index < -0.39 is 0 Å². The third-order valence-corrected chi connectivity index (χ3v) is 7.02. The van der Waals surface area contributed by atoms with Crippen LogP contribution in [0, 0.1) is 0 Å². The van der Waals surface area contributed by atoms with Crippen LogP contribution in [0.4, 0.5) is 0 Å². The second kappa shape index (κ2) is 11.4. The Morgan fingerprint density at radius 1 is 1.06 bits per heavy atom.